The predicted molar refractivity (Wildman–Crippen MR) is 121 cm³/mol. The Bertz CT molecular complexity index is 917. The highest BCUT2D eigenvalue weighted by Crippen LogP contribution is 2.36. The molecule has 1 amide bonds. The van der Waals surface area contributed by atoms with Gasteiger partial charge in [0.15, 0.2) is 0 Å². The van der Waals surface area contributed by atoms with Crippen LogP contribution in [0.4, 0.5) is 0 Å². The molecule has 1 saturated carbocycles. The van der Waals surface area contributed by atoms with Gasteiger partial charge in [-0.3, -0.25) is 9.69 Å². The van der Waals surface area contributed by atoms with Crippen LogP contribution in [0.2, 0.25) is 10.0 Å². The van der Waals surface area contributed by atoms with Crippen LogP contribution in [0.1, 0.15) is 35.2 Å². The predicted octanol–water partition coefficient (Wildman–Crippen LogP) is 4.82. The summed E-state index contributed by atoms with van der Waals surface area (Å²) < 4.78 is 6.03. The standard InChI is InChI=1S/C23H27Cl2N3O2/c1-26-15-17-14-16(6-9-20(17)30-21-5-2-4-19(24)22(21)25)23(29)28-11-3-10-27(12-13-28)18-7-8-18/h2,4-6,9,14,18,26H,3,7-8,10-13,15H2,1H3. The minimum Gasteiger partial charge on any atom is -0.455 e. The van der Waals surface area contributed by atoms with Gasteiger partial charge in [0.1, 0.15) is 16.5 Å². The van der Waals surface area contributed by atoms with Gasteiger partial charge in [0.2, 0.25) is 0 Å². The van der Waals surface area contributed by atoms with E-state index in [0.29, 0.717) is 33.7 Å². The minimum atomic E-state index is 0.0809. The number of hydrogen-bond acceptors (Lipinski definition) is 4. The SMILES string of the molecule is CNCc1cc(C(=O)N2CCCN(C3CC3)CC2)ccc1Oc1cccc(Cl)c1Cl. The van der Waals surface area contributed by atoms with Gasteiger partial charge in [0.25, 0.3) is 5.91 Å². The molecule has 30 heavy (non-hydrogen) atoms. The summed E-state index contributed by atoms with van der Waals surface area (Å²) in [5, 5.41) is 3.96. The molecule has 2 fully saturated rings. The summed E-state index contributed by atoms with van der Waals surface area (Å²) in [7, 11) is 1.87. The fourth-order valence-electron chi connectivity index (χ4n) is 3.95. The van der Waals surface area contributed by atoms with Gasteiger partial charge in [-0.2, -0.15) is 0 Å². The smallest absolute Gasteiger partial charge is 0.253 e. The van der Waals surface area contributed by atoms with Crippen LogP contribution in [0.25, 0.3) is 0 Å². The van der Waals surface area contributed by atoms with Crippen molar-refractivity contribution in [3.8, 4) is 11.5 Å². The molecule has 0 spiro atoms. The molecule has 1 heterocycles. The lowest BCUT2D eigenvalue weighted by Crippen LogP contribution is -2.35. The Balaban J connectivity index is 1.51. The zero-order valence-electron chi connectivity index (χ0n) is 17.2. The lowest BCUT2D eigenvalue weighted by atomic mass is 10.1. The molecule has 5 nitrogen and oxygen atoms in total. The van der Waals surface area contributed by atoms with Gasteiger partial charge in [0.05, 0.1) is 5.02 Å². The number of rotatable bonds is 6. The van der Waals surface area contributed by atoms with Crippen molar-refractivity contribution in [2.75, 3.05) is 33.2 Å². The molecule has 4 rings (SSSR count). The van der Waals surface area contributed by atoms with Crippen LogP contribution < -0.4 is 10.1 Å². The van der Waals surface area contributed by atoms with Crippen molar-refractivity contribution in [1.29, 1.82) is 0 Å². The van der Waals surface area contributed by atoms with Crippen molar-refractivity contribution in [2.45, 2.75) is 31.8 Å². The van der Waals surface area contributed by atoms with E-state index >= 15 is 0 Å². The number of nitrogens with one attached hydrogen (secondary N) is 1. The lowest BCUT2D eigenvalue weighted by Gasteiger charge is -2.22. The Hall–Kier alpha value is -1.79. The molecule has 0 radical (unpaired) electrons. The van der Waals surface area contributed by atoms with Crippen LogP contribution in [0.5, 0.6) is 11.5 Å². The second kappa shape index (κ2) is 9.56. The second-order valence-corrected chi connectivity index (χ2v) is 8.70. The van der Waals surface area contributed by atoms with E-state index in [-0.39, 0.29) is 5.91 Å². The van der Waals surface area contributed by atoms with Gasteiger partial charge in [-0.05, 0) is 56.6 Å². The van der Waals surface area contributed by atoms with Crippen molar-refractivity contribution < 1.29 is 9.53 Å². The highest BCUT2D eigenvalue weighted by molar-refractivity contribution is 6.42. The first-order valence-corrected chi connectivity index (χ1v) is 11.2. The monoisotopic (exact) mass is 447 g/mol. The van der Waals surface area contributed by atoms with Gasteiger partial charge >= 0.3 is 0 Å². The number of nitrogens with zero attached hydrogens (tertiary/aromatic N) is 2. The minimum absolute atomic E-state index is 0.0809. The van der Waals surface area contributed by atoms with Crippen molar-refractivity contribution in [2.24, 2.45) is 0 Å². The maximum absolute atomic E-state index is 13.2. The first-order chi connectivity index (χ1) is 14.6. The molecule has 7 heteroatoms. The molecule has 0 atom stereocenters. The topological polar surface area (TPSA) is 44.8 Å². The molecule has 0 bridgehead atoms. The molecule has 1 aliphatic heterocycles. The Morgan fingerprint density at radius 1 is 1.10 bits per heavy atom. The second-order valence-electron chi connectivity index (χ2n) is 7.92. The van der Waals surface area contributed by atoms with Crippen LogP contribution >= 0.6 is 23.2 Å². The van der Waals surface area contributed by atoms with Crippen molar-refractivity contribution in [1.82, 2.24) is 15.1 Å². The van der Waals surface area contributed by atoms with E-state index in [0.717, 1.165) is 44.2 Å². The summed E-state index contributed by atoms with van der Waals surface area (Å²) >= 11 is 12.4. The van der Waals surface area contributed by atoms with E-state index in [4.69, 9.17) is 27.9 Å². The van der Waals surface area contributed by atoms with E-state index in [1.165, 1.54) is 12.8 Å². The summed E-state index contributed by atoms with van der Waals surface area (Å²) in [5.41, 5.74) is 1.58. The number of benzene rings is 2. The molecule has 0 unspecified atom stereocenters. The van der Waals surface area contributed by atoms with Crippen molar-refractivity contribution in [3.05, 3.63) is 57.6 Å². The number of carbonyl (C=O) groups excluding carboxylic acids is 1. The zero-order chi connectivity index (χ0) is 21.1. The molecule has 1 aliphatic carbocycles. The molecule has 1 saturated heterocycles. The average molecular weight is 448 g/mol. The highest BCUT2D eigenvalue weighted by atomic mass is 35.5. The Morgan fingerprint density at radius 2 is 1.93 bits per heavy atom. The van der Waals surface area contributed by atoms with E-state index < -0.39 is 0 Å². The van der Waals surface area contributed by atoms with Crippen LogP contribution in [-0.4, -0.2) is 55.0 Å². The normalized spacial score (nSPS) is 17.6. The molecule has 2 aromatic carbocycles. The summed E-state index contributed by atoms with van der Waals surface area (Å²) in [6.07, 6.45) is 3.64. The van der Waals surface area contributed by atoms with E-state index in [2.05, 4.69) is 10.2 Å². The van der Waals surface area contributed by atoms with E-state index in [9.17, 15) is 4.79 Å². The maximum Gasteiger partial charge on any atom is 0.253 e. The lowest BCUT2D eigenvalue weighted by molar-refractivity contribution is 0.0761. The third-order valence-corrected chi connectivity index (χ3v) is 6.49. The molecule has 1 N–H and O–H groups in total. The molecule has 0 aromatic heterocycles. The third kappa shape index (κ3) is 4.92. The number of carbonyl (C=O) groups is 1. The average Bonchev–Trinajstić information content (AvgIpc) is 3.58. The van der Waals surface area contributed by atoms with Crippen LogP contribution in [0.15, 0.2) is 36.4 Å². The highest BCUT2D eigenvalue weighted by Gasteiger charge is 2.31. The zero-order valence-corrected chi connectivity index (χ0v) is 18.7. The van der Waals surface area contributed by atoms with E-state index in [1.54, 1.807) is 18.2 Å². The summed E-state index contributed by atoms with van der Waals surface area (Å²) in [5.74, 6) is 1.23. The van der Waals surface area contributed by atoms with Gasteiger partial charge in [-0.1, -0.05) is 29.3 Å². The third-order valence-electron chi connectivity index (χ3n) is 5.69. The van der Waals surface area contributed by atoms with Crippen molar-refractivity contribution >= 4 is 29.1 Å². The molecular weight excluding hydrogens is 421 g/mol. The van der Waals surface area contributed by atoms with Gasteiger partial charge < -0.3 is 15.0 Å². The Kier molecular flexibility index (Phi) is 6.84. The Morgan fingerprint density at radius 3 is 2.70 bits per heavy atom. The number of ether oxygens (including phenoxy) is 1. The van der Waals surface area contributed by atoms with Gasteiger partial charge in [0, 0.05) is 49.9 Å². The van der Waals surface area contributed by atoms with Crippen LogP contribution in [0, 0.1) is 0 Å². The largest absolute Gasteiger partial charge is 0.455 e. The molecule has 160 valence electrons. The van der Waals surface area contributed by atoms with Crippen LogP contribution in [-0.2, 0) is 6.54 Å². The Labute approximate surface area is 187 Å². The summed E-state index contributed by atoms with van der Waals surface area (Å²) in [4.78, 5) is 17.7. The quantitative estimate of drug-likeness (QED) is 0.689. The fraction of sp³-hybridized carbons (Fsp3) is 0.435. The maximum atomic E-state index is 13.2. The van der Waals surface area contributed by atoms with E-state index in [1.807, 2.05) is 30.1 Å². The molecule has 2 aromatic rings. The van der Waals surface area contributed by atoms with Crippen LogP contribution in [0.3, 0.4) is 0 Å². The van der Waals surface area contributed by atoms with Crippen molar-refractivity contribution in [3.63, 3.8) is 0 Å². The fourth-order valence-corrected chi connectivity index (χ4v) is 4.28. The molecular formula is C23H27Cl2N3O2. The molecule has 2 aliphatic rings. The first-order valence-electron chi connectivity index (χ1n) is 10.5. The first kappa shape index (κ1) is 21.4. The van der Waals surface area contributed by atoms with Gasteiger partial charge in [-0.25, -0.2) is 0 Å². The summed E-state index contributed by atoms with van der Waals surface area (Å²) in [6, 6.07) is 11.6. The number of amides is 1. The van der Waals surface area contributed by atoms with Gasteiger partial charge in [-0.15, -0.1) is 0 Å². The summed E-state index contributed by atoms with van der Waals surface area (Å²) in [6.45, 7) is 4.22. The number of halogens is 2. The number of hydrogen-bond donors (Lipinski definition) is 1.